The van der Waals surface area contributed by atoms with Gasteiger partial charge in [0.25, 0.3) is 0 Å². The van der Waals surface area contributed by atoms with Crippen molar-refractivity contribution in [2.24, 2.45) is 0 Å². The number of carbonyl (C=O) groups is 1. The molecule has 2 rings (SSSR count). The van der Waals surface area contributed by atoms with Crippen molar-refractivity contribution >= 4 is 23.6 Å². The fourth-order valence-corrected chi connectivity index (χ4v) is 4.64. The van der Waals surface area contributed by atoms with Gasteiger partial charge in [0.05, 0.1) is 6.61 Å². The van der Waals surface area contributed by atoms with Crippen molar-refractivity contribution in [1.82, 2.24) is 0 Å². The molecule has 0 heterocycles. The molecule has 0 aliphatic heterocycles. The van der Waals surface area contributed by atoms with Crippen molar-refractivity contribution in [2.45, 2.75) is 95.8 Å². The van der Waals surface area contributed by atoms with Crippen molar-refractivity contribution < 1.29 is 9.53 Å². The molecule has 2 aromatic carbocycles. The predicted octanol–water partition coefficient (Wildman–Crippen LogP) is 9.77. The van der Waals surface area contributed by atoms with Crippen LogP contribution in [0.15, 0.2) is 59.5 Å². The van der Waals surface area contributed by atoms with E-state index in [1.165, 1.54) is 69.1 Å². The van der Waals surface area contributed by atoms with E-state index >= 15 is 0 Å². The molecule has 0 aliphatic rings. The number of carbonyl (C=O) groups excluding carboxylic acids is 1. The molecule has 3 heteroatoms. The van der Waals surface area contributed by atoms with Crippen LogP contribution < -0.4 is 4.74 Å². The Hall–Kier alpha value is -2.00. The Morgan fingerprint density at radius 2 is 1.44 bits per heavy atom. The van der Waals surface area contributed by atoms with Crippen molar-refractivity contribution in [3.8, 4) is 5.75 Å². The minimum atomic E-state index is 0.0272. The van der Waals surface area contributed by atoms with Crippen LogP contribution in [0.25, 0.3) is 6.08 Å². The van der Waals surface area contributed by atoms with Crippen LogP contribution in [-0.4, -0.2) is 18.1 Å². The van der Waals surface area contributed by atoms with Gasteiger partial charge in [0.15, 0.2) is 5.78 Å². The fourth-order valence-electron chi connectivity index (χ4n) is 3.87. The molecule has 0 aliphatic carbocycles. The first kappa shape index (κ1) is 28.2. The third-order valence-electron chi connectivity index (χ3n) is 5.91. The van der Waals surface area contributed by atoms with Gasteiger partial charge in [-0.15, -0.1) is 11.8 Å². The Balaban J connectivity index is 1.63. The second-order valence-electron chi connectivity index (χ2n) is 9.03. The number of rotatable bonds is 19. The van der Waals surface area contributed by atoms with Crippen molar-refractivity contribution in [2.75, 3.05) is 12.4 Å². The maximum atomic E-state index is 12.5. The van der Waals surface area contributed by atoms with E-state index in [9.17, 15) is 4.79 Å². The molecule has 0 aromatic heterocycles. The molecule has 2 aromatic rings. The van der Waals surface area contributed by atoms with Gasteiger partial charge in [-0.25, -0.2) is 0 Å². The van der Waals surface area contributed by atoms with Crippen LogP contribution in [-0.2, 0) is 0 Å². The summed E-state index contributed by atoms with van der Waals surface area (Å²) < 4.78 is 5.94. The number of thioether (sulfide) groups is 1. The van der Waals surface area contributed by atoms with Crippen molar-refractivity contribution in [3.63, 3.8) is 0 Å². The maximum Gasteiger partial charge on any atom is 0.185 e. The molecule has 0 saturated carbocycles. The quantitative estimate of drug-likeness (QED) is 0.0866. The first-order chi connectivity index (χ1) is 16.7. The first-order valence-corrected chi connectivity index (χ1v) is 14.4. The van der Waals surface area contributed by atoms with E-state index in [1.807, 2.05) is 66.4 Å². The molecule has 0 radical (unpaired) electrons. The first-order valence-electron chi connectivity index (χ1n) is 13.4. The lowest BCUT2D eigenvalue weighted by Crippen LogP contribution is -1.97. The van der Waals surface area contributed by atoms with E-state index in [1.54, 1.807) is 6.08 Å². The molecular formula is C31H44O2S. The van der Waals surface area contributed by atoms with Crippen LogP contribution in [0.1, 0.15) is 107 Å². The molecule has 0 bridgehead atoms. The number of benzene rings is 2. The van der Waals surface area contributed by atoms with Crippen LogP contribution in [0, 0.1) is 0 Å². The average Bonchev–Trinajstić information content (AvgIpc) is 2.87. The summed E-state index contributed by atoms with van der Waals surface area (Å²) >= 11 is 1.83. The number of ketones is 1. The lowest BCUT2D eigenvalue weighted by molar-refractivity contribution is 0.104. The highest BCUT2D eigenvalue weighted by atomic mass is 32.2. The SMILES string of the molecule is CCCCCCCCCCCCCOc1cccc(C=CC(=O)c2ccc(SCCC)cc2)c1. The molecular weight excluding hydrogens is 436 g/mol. The summed E-state index contributed by atoms with van der Waals surface area (Å²) in [5.41, 5.74) is 1.71. The number of ether oxygens (including phenoxy) is 1. The van der Waals surface area contributed by atoms with Gasteiger partial charge >= 0.3 is 0 Å². The average molecular weight is 481 g/mol. The Bertz CT molecular complexity index is 826. The van der Waals surface area contributed by atoms with E-state index < -0.39 is 0 Å². The Labute approximate surface area is 212 Å². The maximum absolute atomic E-state index is 12.5. The molecule has 34 heavy (non-hydrogen) atoms. The molecule has 0 spiro atoms. The lowest BCUT2D eigenvalue weighted by Gasteiger charge is -2.07. The van der Waals surface area contributed by atoms with Crippen LogP contribution in [0.3, 0.4) is 0 Å². The summed E-state index contributed by atoms with van der Waals surface area (Å²) in [4.78, 5) is 13.7. The molecule has 186 valence electrons. The van der Waals surface area contributed by atoms with Gasteiger partial charge in [0.2, 0.25) is 0 Å². The topological polar surface area (TPSA) is 26.3 Å². The molecule has 0 unspecified atom stereocenters. The summed E-state index contributed by atoms with van der Waals surface area (Å²) in [5.74, 6) is 2.00. The normalized spacial score (nSPS) is 11.2. The van der Waals surface area contributed by atoms with E-state index in [0.29, 0.717) is 0 Å². The number of unbranched alkanes of at least 4 members (excludes halogenated alkanes) is 10. The van der Waals surface area contributed by atoms with Gasteiger partial charge in [-0.05, 0) is 66.6 Å². The third-order valence-corrected chi connectivity index (χ3v) is 7.13. The molecule has 0 amide bonds. The zero-order valence-corrected chi connectivity index (χ0v) is 22.2. The summed E-state index contributed by atoms with van der Waals surface area (Å²) in [5, 5.41) is 0. The van der Waals surface area contributed by atoms with Gasteiger partial charge in [-0.3, -0.25) is 4.79 Å². The van der Waals surface area contributed by atoms with Crippen LogP contribution >= 0.6 is 11.8 Å². The predicted molar refractivity (Wildman–Crippen MR) is 149 cm³/mol. The monoisotopic (exact) mass is 480 g/mol. The smallest absolute Gasteiger partial charge is 0.185 e. The molecule has 0 saturated heterocycles. The Kier molecular flexibility index (Phi) is 15.2. The van der Waals surface area contributed by atoms with Gasteiger partial charge in [-0.1, -0.05) is 96.3 Å². The number of allylic oxidation sites excluding steroid dienone is 1. The van der Waals surface area contributed by atoms with Gasteiger partial charge in [0.1, 0.15) is 5.75 Å². The third kappa shape index (κ3) is 12.5. The largest absolute Gasteiger partial charge is 0.494 e. The summed E-state index contributed by atoms with van der Waals surface area (Å²) in [6, 6.07) is 15.9. The van der Waals surface area contributed by atoms with Gasteiger partial charge < -0.3 is 4.74 Å². The molecule has 0 atom stereocenters. The van der Waals surface area contributed by atoms with Crippen LogP contribution in [0.2, 0.25) is 0 Å². The van der Waals surface area contributed by atoms with E-state index in [-0.39, 0.29) is 5.78 Å². The second kappa shape index (κ2) is 18.3. The number of hydrogen-bond donors (Lipinski definition) is 0. The summed E-state index contributed by atoms with van der Waals surface area (Å²) in [7, 11) is 0. The van der Waals surface area contributed by atoms with Crippen molar-refractivity contribution in [1.29, 1.82) is 0 Å². The van der Waals surface area contributed by atoms with Crippen molar-refractivity contribution in [3.05, 3.63) is 65.7 Å². The van der Waals surface area contributed by atoms with Crippen LogP contribution in [0.4, 0.5) is 0 Å². The Morgan fingerprint density at radius 1 is 0.794 bits per heavy atom. The summed E-state index contributed by atoms with van der Waals surface area (Å²) in [6.07, 6.45) is 19.4. The molecule has 0 fully saturated rings. The van der Waals surface area contributed by atoms with E-state index in [4.69, 9.17) is 4.74 Å². The zero-order valence-electron chi connectivity index (χ0n) is 21.4. The minimum Gasteiger partial charge on any atom is -0.494 e. The lowest BCUT2D eigenvalue weighted by atomic mass is 10.1. The van der Waals surface area contributed by atoms with Crippen LogP contribution in [0.5, 0.6) is 5.75 Å². The minimum absolute atomic E-state index is 0.0272. The highest BCUT2D eigenvalue weighted by Gasteiger charge is 2.03. The highest BCUT2D eigenvalue weighted by Crippen LogP contribution is 2.20. The second-order valence-corrected chi connectivity index (χ2v) is 10.2. The molecule has 0 N–H and O–H groups in total. The Morgan fingerprint density at radius 3 is 2.09 bits per heavy atom. The van der Waals surface area contributed by atoms with E-state index in [2.05, 4.69) is 13.8 Å². The standard InChI is InChI=1S/C31H44O2S/c1-3-5-6-7-8-9-10-11-12-13-14-24-33-29-17-15-16-27(26-29)18-23-31(32)28-19-21-30(22-20-28)34-25-4-2/h15-23,26H,3-14,24-25H2,1-2H3. The van der Waals surface area contributed by atoms with Gasteiger partial charge in [-0.2, -0.15) is 0 Å². The molecule has 2 nitrogen and oxygen atoms in total. The zero-order chi connectivity index (χ0) is 24.3. The summed E-state index contributed by atoms with van der Waals surface area (Å²) in [6.45, 7) is 5.20. The van der Waals surface area contributed by atoms with Gasteiger partial charge in [0, 0.05) is 10.5 Å². The highest BCUT2D eigenvalue weighted by molar-refractivity contribution is 7.99. The van der Waals surface area contributed by atoms with E-state index in [0.717, 1.165) is 42.1 Å². The number of hydrogen-bond acceptors (Lipinski definition) is 3. The fraction of sp³-hybridized carbons (Fsp3) is 0.516.